The maximum absolute atomic E-state index is 14.0. The minimum absolute atomic E-state index is 0.0194. The minimum atomic E-state index is -1.05. The zero-order valence-corrected chi connectivity index (χ0v) is 40.7. The largest absolute Gasteiger partial charge is 0.462 e. The van der Waals surface area contributed by atoms with Gasteiger partial charge < -0.3 is 57.4 Å². The topological polar surface area (TPSA) is 251 Å². The monoisotopic (exact) mass is 941 g/mol. The van der Waals surface area contributed by atoms with Crippen molar-refractivity contribution in [3.63, 3.8) is 0 Å². The molecule has 1 aliphatic rings. The molecule has 372 valence electrons. The van der Waals surface area contributed by atoms with Crippen LogP contribution in [0.3, 0.4) is 0 Å². The molecule has 13 atom stereocenters. The van der Waals surface area contributed by atoms with E-state index in [4.69, 9.17) is 47.4 Å². The van der Waals surface area contributed by atoms with E-state index in [1.165, 1.54) is 30.8 Å². The number of aromatic nitrogens is 3. The van der Waals surface area contributed by atoms with E-state index >= 15 is 0 Å². The van der Waals surface area contributed by atoms with Gasteiger partial charge in [0.1, 0.15) is 48.6 Å². The highest BCUT2D eigenvalue weighted by Crippen LogP contribution is 2.34. The number of ketones is 1. The van der Waals surface area contributed by atoms with E-state index in [1.54, 1.807) is 40.7 Å². The first-order valence-electron chi connectivity index (χ1n) is 22.8. The van der Waals surface area contributed by atoms with Crippen LogP contribution in [0.4, 0.5) is 4.79 Å². The van der Waals surface area contributed by atoms with E-state index in [2.05, 4.69) is 15.0 Å². The molecule has 2 amide bonds. The number of aliphatic hydroxyl groups excluding tert-OH is 1. The maximum atomic E-state index is 14.0. The smallest absolute Gasteiger partial charge is 0.404 e. The molecule has 3 N–H and O–H groups in total. The van der Waals surface area contributed by atoms with Crippen molar-refractivity contribution >= 4 is 30.3 Å². The number of rotatable bonds is 17. The van der Waals surface area contributed by atoms with Crippen LogP contribution in [0.5, 0.6) is 0 Å². The number of Topliss-reactive ketones (excluding diaryl/α,β-unsaturated/α-hetero) is 1. The molecule has 0 unspecified atom stereocenters. The average Bonchev–Trinajstić information content (AvgIpc) is 4.09. The third-order valence-electron chi connectivity index (χ3n) is 12.8. The van der Waals surface area contributed by atoms with Crippen molar-refractivity contribution in [3.05, 3.63) is 48.7 Å². The summed E-state index contributed by atoms with van der Waals surface area (Å²) in [6, 6.07) is 0. The van der Waals surface area contributed by atoms with E-state index in [0.717, 1.165) is 0 Å². The minimum Gasteiger partial charge on any atom is -0.462 e. The van der Waals surface area contributed by atoms with Crippen LogP contribution in [-0.2, 0) is 42.8 Å². The number of ether oxygens (including phenoxy) is 6. The lowest BCUT2D eigenvalue weighted by molar-refractivity contribution is -0.160. The van der Waals surface area contributed by atoms with Crippen LogP contribution >= 0.6 is 0 Å². The van der Waals surface area contributed by atoms with Crippen LogP contribution in [0.25, 0.3) is 29.2 Å². The zero-order valence-electron chi connectivity index (χ0n) is 40.7. The predicted octanol–water partition coefficient (Wildman–Crippen LogP) is 7.20. The molecular formula is C48H71N5O14. The molecule has 3 aromatic heterocycles. The van der Waals surface area contributed by atoms with Crippen molar-refractivity contribution in [1.82, 2.24) is 19.9 Å². The molecular weight excluding hydrogens is 871 g/mol. The number of hydrogen-bond acceptors (Lipinski definition) is 17. The van der Waals surface area contributed by atoms with Crippen LogP contribution in [0.2, 0.25) is 0 Å². The standard InChI is InChI=1S/C48H71N5O14/c1-27-19-33(66-48(49)58)21-43(57)67-41(22-40(60-9)28(2)15-16-37(55)30(4)44(61-10)29(3)17-18-53(7)26-54)32(6)39(59-8)13-12-14-42-50-35(24-63-42)46-52-36(25-65-46)47-51-34(23-64-47)45(62-11)31(5)38(56)20-27/h12,14,17-18,23-33,38-41,44-45,56H,13,15-16,19-22H2,1-11H3,(H2,49,58)/t27-,28-,29+,30-,31-,32+,33-,38-,39-,40-,41-,44+,45+/m0/s1. The van der Waals surface area contributed by atoms with Gasteiger partial charge in [0.05, 0.1) is 30.8 Å². The molecule has 0 saturated carbocycles. The van der Waals surface area contributed by atoms with Gasteiger partial charge >= 0.3 is 12.1 Å². The molecule has 19 nitrogen and oxygen atoms in total. The quantitative estimate of drug-likeness (QED) is 0.100. The Labute approximate surface area is 393 Å². The number of fused-ring (bicyclic) bond motifs is 8. The second-order valence-corrected chi connectivity index (χ2v) is 17.9. The summed E-state index contributed by atoms with van der Waals surface area (Å²) in [7, 11) is 7.86. The van der Waals surface area contributed by atoms with Gasteiger partial charge in [0.15, 0.2) is 11.4 Å². The first-order chi connectivity index (χ1) is 31.9. The second-order valence-electron chi connectivity index (χ2n) is 17.9. The summed E-state index contributed by atoms with van der Waals surface area (Å²) < 4.78 is 52.4. The molecule has 0 spiro atoms. The van der Waals surface area contributed by atoms with Crippen LogP contribution in [0.1, 0.15) is 104 Å². The first-order valence-corrected chi connectivity index (χ1v) is 22.8. The molecule has 19 heteroatoms. The van der Waals surface area contributed by atoms with Gasteiger partial charge in [0.25, 0.3) is 0 Å². The van der Waals surface area contributed by atoms with Crippen LogP contribution in [0.15, 0.2) is 50.4 Å². The first kappa shape index (κ1) is 54.4. The SMILES string of the molecule is CO[C@H]([C@H](C)C=CN(C)C=O)[C@@H](C)C(=O)CC[C@H](C)[C@H](C[C@@H]1OC(=O)C[C@@H](OC(N)=O)C[C@H](C)C[C@H](O)[C@H](C)[C@@H](OC)c2coc(n2)-c2coc(n2)-c2coc(n2)C=CC[C@H](OC)[C@H]1C)OC. The second kappa shape index (κ2) is 26.4. The molecule has 4 rings (SSSR count). The molecule has 6 bridgehead atoms. The lowest BCUT2D eigenvalue weighted by Crippen LogP contribution is -2.39. The van der Waals surface area contributed by atoms with E-state index in [0.29, 0.717) is 36.3 Å². The Balaban J connectivity index is 1.60. The van der Waals surface area contributed by atoms with E-state index in [9.17, 15) is 24.3 Å². The number of oxazole rings is 3. The number of esters is 1. The van der Waals surface area contributed by atoms with Crippen LogP contribution < -0.4 is 5.73 Å². The lowest BCUT2D eigenvalue weighted by Gasteiger charge is -2.34. The Hall–Kier alpha value is -5.21. The Bertz CT molecular complexity index is 2060. The highest BCUT2D eigenvalue weighted by Gasteiger charge is 2.36. The predicted molar refractivity (Wildman–Crippen MR) is 244 cm³/mol. The van der Waals surface area contributed by atoms with Gasteiger partial charge in [0, 0.05) is 78.2 Å². The number of amides is 2. The van der Waals surface area contributed by atoms with E-state index in [1.807, 2.05) is 53.7 Å². The fourth-order valence-corrected chi connectivity index (χ4v) is 8.69. The Morgan fingerprint density at radius 3 is 2.28 bits per heavy atom. The van der Waals surface area contributed by atoms with Gasteiger partial charge in [-0.3, -0.25) is 14.4 Å². The van der Waals surface area contributed by atoms with Crippen molar-refractivity contribution in [3.8, 4) is 23.2 Å². The number of hydrogen-bond donors (Lipinski definition) is 2. The van der Waals surface area contributed by atoms with Crippen molar-refractivity contribution in [2.45, 2.75) is 129 Å². The zero-order chi connectivity index (χ0) is 49.4. The van der Waals surface area contributed by atoms with E-state index < -0.39 is 72.5 Å². The van der Waals surface area contributed by atoms with Crippen molar-refractivity contribution in [1.29, 1.82) is 0 Å². The van der Waals surface area contributed by atoms with Crippen LogP contribution in [0, 0.1) is 35.5 Å². The van der Waals surface area contributed by atoms with Crippen molar-refractivity contribution in [2.24, 2.45) is 41.2 Å². The molecule has 0 aliphatic carbocycles. The summed E-state index contributed by atoms with van der Waals surface area (Å²) in [6.45, 7) is 11.4. The van der Waals surface area contributed by atoms with Crippen LogP contribution in [-0.4, -0.2) is 121 Å². The number of nitrogens with two attached hydrogens (primary N) is 1. The summed E-state index contributed by atoms with van der Waals surface area (Å²) >= 11 is 0. The molecule has 1 aliphatic heterocycles. The number of nitrogens with zero attached hydrogens (tertiary/aromatic N) is 4. The highest BCUT2D eigenvalue weighted by molar-refractivity contribution is 5.81. The number of methoxy groups -OCH3 is 4. The number of carbonyl (C=O) groups excluding carboxylic acids is 4. The molecule has 0 fully saturated rings. The summed E-state index contributed by atoms with van der Waals surface area (Å²) in [5, 5.41) is 11.4. The Morgan fingerprint density at radius 1 is 0.940 bits per heavy atom. The Morgan fingerprint density at radius 2 is 1.63 bits per heavy atom. The van der Waals surface area contributed by atoms with Crippen molar-refractivity contribution in [2.75, 3.05) is 35.5 Å². The highest BCUT2D eigenvalue weighted by atomic mass is 16.6. The third-order valence-corrected chi connectivity index (χ3v) is 12.8. The molecule has 67 heavy (non-hydrogen) atoms. The van der Waals surface area contributed by atoms with Gasteiger partial charge in [-0.2, -0.15) is 0 Å². The summed E-state index contributed by atoms with van der Waals surface area (Å²) in [6.07, 6.45) is 7.75. The molecule has 3 aromatic rings. The molecule has 0 aromatic carbocycles. The molecule has 0 saturated heterocycles. The third kappa shape index (κ3) is 15.7. The summed E-state index contributed by atoms with van der Waals surface area (Å²) in [4.78, 5) is 65.7. The lowest BCUT2D eigenvalue weighted by atomic mass is 9.84. The van der Waals surface area contributed by atoms with Gasteiger partial charge in [0.2, 0.25) is 24.1 Å². The van der Waals surface area contributed by atoms with Gasteiger partial charge in [-0.05, 0) is 43.6 Å². The normalized spacial score (nSPS) is 25.8. The maximum Gasteiger partial charge on any atom is 0.404 e. The van der Waals surface area contributed by atoms with Gasteiger partial charge in [-0.15, -0.1) is 0 Å². The summed E-state index contributed by atoms with van der Waals surface area (Å²) in [5.74, 6) is -1.84. The van der Waals surface area contributed by atoms with E-state index in [-0.39, 0.29) is 73.3 Å². The summed E-state index contributed by atoms with van der Waals surface area (Å²) in [5.41, 5.74) is 6.58. The molecule has 4 heterocycles. The number of primary amides is 1. The number of carbonyl (C=O) groups is 4. The molecule has 0 radical (unpaired) electrons. The fraction of sp³-hybridized carbons (Fsp3) is 0.646. The average molecular weight is 942 g/mol. The fourth-order valence-electron chi connectivity index (χ4n) is 8.69. The van der Waals surface area contributed by atoms with Gasteiger partial charge in [-0.1, -0.05) is 53.7 Å². The van der Waals surface area contributed by atoms with Gasteiger partial charge in [-0.25, -0.2) is 19.7 Å². The number of aliphatic hydroxyl groups is 1. The number of cyclic esters (lactones) is 1. The van der Waals surface area contributed by atoms with Crippen molar-refractivity contribution < 1.29 is 66.0 Å². The Kier molecular flexibility index (Phi) is 21.4.